The molecular weight excluding hydrogens is 435 g/mol. The number of hydrogen-bond acceptors (Lipinski definition) is 6. The van der Waals surface area contributed by atoms with Gasteiger partial charge in [-0.25, -0.2) is 21.2 Å². The molecule has 1 heterocycles. The van der Waals surface area contributed by atoms with Crippen molar-refractivity contribution in [2.45, 2.75) is 9.79 Å². The van der Waals surface area contributed by atoms with E-state index in [2.05, 4.69) is 0 Å². The number of benzene rings is 2. The average molecular weight is 457 g/mol. The number of rotatable bonds is 6. The van der Waals surface area contributed by atoms with Crippen LogP contribution in [0.2, 0.25) is 0 Å². The van der Waals surface area contributed by atoms with Gasteiger partial charge in [-0.1, -0.05) is 12.1 Å². The third kappa shape index (κ3) is 4.97. The molecule has 0 radical (unpaired) electrons. The Bertz CT molecular complexity index is 1130. The number of ether oxygens (including phenoxy) is 1. The maximum absolute atomic E-state index is 13.9. The highest BCUT2D eigenvalue weighted by molar-refractivity contribution is 7.90. The van der Waals surface area contributed by atoms with Crippen molar-refractivity contribution in [2.24, 2.45) is 0 Å². The van der Waals surface area contributed by atoms with Gasteiger partial charge in [0.2, 0.25) is 10.0 Å². The van der Waals surface area contributed by atoms with Crippen LogP contribution in [-0.4, -0.2) is 71.0 Å². The van der Waals surface area contributed by atoms with Crippen molar-refractivity contribution in [2.75, 3.05) is 39.0 Å². The normalized spacial score (nSPS) is 15.7. The molecule has 0 bridgehead atoms. The lowest BCUT2D eigenvalue weighted by Crippen LogP contribution is -2.51. The Morgan fingerprint density at radius 1 is 0.967 bits per heavy atom. The summed E-state index contributed by atoms with van der Waals surface area (Å²) >= 11 is 0. The second kappa shape index (κ2) is 8.70. The molecule has 3 rings (SSSR count). The first-order valence-corrected chi connectivity index (χ1v) is 12.4. The lowest BCUT2D eigenvalue weighted by Gasteiger charge is -2.34. The summed E-state index contributed by atoms with van der Waals surface area (Å²) in [6.07, 6.45) is 1.10. The minimum Gasteiger partial charge on any atom is -0.484 e. The molecule has 1 aliphatic heterocycles. The van der Waals surface area contributed by atoms with Gasteiger partial charge in [-0.2, -0.15) is 4.31 Å². The standard InChI is InChI=1S/C19H21FN2O6S2/c1-29(24,25)16-8-6-15(7-9-16)28-14-19(23)21-10-12-22(13-11-21)30(26,27)18-5-3-2-4-17(18)20/h2-9H,10-14H2,1H3. The second-order valence-electron chi connectivity index (χ2n) is 6.75. The quantitative estimate of drug-likeness (QED) is 0.646. The van der Waals surface area contributed by atoms with E-state index in [1.807, 2.05) is 0 Å². The molecule has 30 heavy (non-hydrogen) atoms. The van der Waals surface area contributed by atoms with E-state index in [-0.39, 0.29) is 48.5 Å². The first-order valence-electron chi connectivity index (χ1n) is 9.04. The molecule has 11 heteroatoms. The number of sulfone groups is 1. The molecule has 0 aliphatic carbocycles. The predicted octanol–water partition coefficient (Wildman–Crippen LogP) is 1.14. The highest BCUT2D eigenvalue weighted by Crippen LogP contribution is 2.21. The lowest BCUT2D eigenvalue weighted by molar-refractivity contribution is -0.134. The molecular formula is C19H21FN2O6S2. The van der Waals surface area contributed by atoms with Crippen LogP contribution in [0.4, 0.5) is 4.39 Å². The second-order valence-corrected chi connectivity index (χ2v) is 10.7. The Morgan fingerprint density at radius 3 is 2.13 bits per heavy atom. The fourth-order valence-corrected chi connectivity index (χ4v) is 5.11. The van der Waals surface area contributed by atoms with Crippen molar-refractivity contribution < 1.29 is 30.8 Å². The molecule has 162 valence electrons. The van der Waals surface area contributed by atoms with E-state index in [9.17, 15) is 26.0 Å². The first kappa shape index (κ1) is 22.2. The van der Waals surface area contributed by atoms with Gasteiger partial charge >= 0.3 is 0 Å². The van der Waals surface area contributed by atoms with Gasteiger partial charge in [-0.3, -0.25) is 4.79 Å². The summed E-state index contributed by atoms with van der Waals surface area (Å²) in [6, 6.07) is 10.9. The van der Waals surface area contributed by atoms with Gasteiger partial charge in [-0.15, -0.1) is 0 Å². The molecule has 0 N–H and O–H groups in total. The number of sulfonamides is 1. The maximum Gasteiger partial charge on any atom is 0.260 e. The molecule has 0 spiro atoms. The molecule has 0 aromatic heterocycles. The SMILES string of the molecule is CS(=O)(=O)c1ccc(OCC(=O)N2CCN(S(=O)(=O)c3ccccc3F)CC2)cc1. The summed E-state index contributed by atoms with van der Waals surface area (Å²) in [5, 5.41) is 0. The van der Waals surface area contributed by atoms with Gasteiger partial charge in [0.15, 0.2) is 16.4 Å². The van der Waals surface area contributed by atoms with E-state index < -0.39 is 25.7 Å². The summed E-state index contributed by atoms with van der Waals surface area (Å²) in [7, 11) is -7.29. The molecule has 0 atom stereocenters. The number of halogens is 1. The maximum atomic E-state index is 13.9. The molecule has 0 unspecified atom stereocenters. The molecule has 1 fully saturated rings. The minimum absolute atomic E-state index is 0.0471. The highest BCUT2D eigenvalue weighted by Gasteiger charge is 2.31. The fourth-order valence-electron chi connectivity index (χ4n) is 2.99. The number of carbonyl (C=O) groups is 1. The Hall–Kier alpha value is -2.50. The molecule has 1 saturated heterocycles. The summed E-state index contributed by atoms with van der Waals surface area (Å²) in [5.41, 5.74) is 0. The van der Waals surface area contributed by atoms with E-state index in [4.69, 9.17) is 4.74 Å². The number of amides is 1. The third-order valence-corrected chi connectivity index (χ3v) is 7.72. The smallest absolute Gasteiger partial charge is 0.260 e. The zero-order valence-corrected chi connectivity index (χ0v) is 17.8. The molecule has 1 amide bonds. The summed E-state index contributed by atoms with van der Waals surface area (Å²) < 4.78 is 68.6. The van der Waals surface area contributed by atoms with Gasteiger partial charge in [-0.05, 0) is 36.4 Å². The Kier molecular flexibility index (Phi) is 6.44. The van der Waals surface area contributed by atoms with Crippen LogP contribution in [0.25, 0.3) is 0 Å². The Labute approximate surface area is 174 Å². The zero-order valence-electron chi connectivity index (χ0n) is 16.2. The number of piperazine rings is 1. The monoisotopic (exact) mass is 456 g/mol. The van der Waals surface area contributed by atoms with Crippen LogP contribution in [0.3, 0.4) is 0 Å². The van der Waals surface area contributed by atoms with Crippen LogP contribution in [0.5, 0.6) is 5.75 Å². The Morgan fingerprint density at radius 2 is 1.57 bits per heavy atom. The summed E-state index contributed by atoms with van der Waals surface area (Å²) in [6.45, 7) is 0.140. The van der Waals surface area contributed by atoms with Crippen LogP contribution in [0, 0.1) is 5.82 Å². The van der Waals surface area contributed by atoms with E-state index in [0.717, 1.165) is 16.6 Å². The van der Waals surface area contributed by atoms with Gasteiger partial charge in [0.1, 0.15) is 16.5 Å². The fraction of sp³-hybridized carbons (Fsp3) is 0.316. The molecule has 2 aromatic carbocycles. The van der Waals surface area contributed by atoms with Crippen molar-refractivity contribution in [1.82, 2.24) is 9.21 Å². The van der Waals surface area contributed by atoms with Crippen LogP contribution in [0.1, 0.15) is 0 Å². The van der Waals surface area contributed by atoms with Crippen LogP contribution in [-0.2, 0) is 24.7 Å². The molecule has 2 aromatic rings. The van der Waals surface area contributed by atoms with E-state index in [1.165, 1.54) is 47.4 Å². The predicted molar refractivity (Wildman–Crippen MR) is 107 cm³/mol. The number of nitrogens with zero attached hydrogens (tertiary/aromatic N) is 2. The van der Waals surface area contributed by atoms with Gasteiger partial charge < -0.3 is 9.64 Å². The zero-order chi connectivity index (χ0) is 21.9. The van der Waals surface area contributed by atoms with E-state index in [0.29, 0.717) is 5.75 Å². The highest BCUT2D eigenvalue weighted by atomic mass is 32.2. The van der Waals surface area contributed by atoms with E-state index >= 15 is 0 Å². The number of hydrogen-bond donors (Lipinski definition) is 0. The Balaban J connectivity index is 1.55. The van der Waals surface area contributed by atoms with Crippen LogP contribution < -0.4 is 4.74 Å². The first-order chi connectivity index (χ1) is 14.1. The van der Waals surface area contributed by atoms with Gasteiger partial charge in [0, 0.05) is 32.4 Å². The third-order valence-electron chi connectivity index (χ3n) is 4.66. The largest absolute Gasteiger partial charge is 0.484 e. The summed E-state index contributed by atoms with van der Waals surface area (Å²) in [5.74, 6) is -0.798. The van der Waals surface area contributed by atoms with E-state index in [1.54, 1.807) is 0 Å². The number of carbonyl (C=O) groups excluding carboxylic acids is 1. The van der Waals surface area contributed by atoms with Crippen molar-refractivity contribution >= 4 is 25.8 Å². The van der Waals surface area contributed by atoms with Gasteiger partial charge in [0.05, 0.1) is 4.90 Å². The van der Waals surface area contributed by atoms with Gasteiger partial charge in [0.25, 0.3) is 5.91 Å². The van der Waals surface area contributed by atoms with Crippen LogP contribution >= 0.6 is 0 Å². The average Bonchev–Trinajstić information content (AvgIpc) is 2.72. The van der Waals surface area contributed by atoms with Crippen molar-refractivity contribution in [3.63, 3.8) is 0 Å². The molecule has 0 saturated carbocycles. The topological polar surface area (TPSA) is 101 Å². The molecule has 8 nitrogen and oxygen atoms in total. The van der Waals surface area contributed by atoms with Crippen molar-refractivity contribution in [3.05, 3.63) is 54.3 Å². The minimum atomic E-state index is -3.97. The molecule has 1 aliphatic rings. The van der Waals surface area contributed by atoms with Crippen molar-refractivity contribution in [1.29, 1.82) is 0 Å². The van der Waals surface area contributed by atoms with Crippen molar-refractivity contribution in [3.8, 4) is 5.75 Å². The van der Waals surface area contributed by atoms with Crippen LogP contribution in [0.15, 0.2) is 58.3 Å². The summed E-state index contributed by atoms with van der Waals surface area (Å²) in [4.78, 5) is 13.6. The lowest BCUT2D eigenvalue weighted by atomic mass is 10.3.